The Morgan fingerprint density at radius 1 is 1.33 bits per heavy atom. The quantitative estimate of drug-likeness (QED) is 0.571. The van der Waals surface area contributed by atoms with Gasteiger partial charge in [-0.3, -0.25) is 4.98 Å². The fourth-order valence-corrected chi connectivity index (χ4v) is 4.68. The highest BCUT2D eigenvalue weighted by molar-refractivity contribution is 7.89. The number of amides is 1. The molecule has 3 atom stereocenters. The first-order chi connectivity index (χ1) is 15.4. The maximum Gasteiger partial charge on any atom is 0.410 e. The van der Waals surface area contributed by atoms with Gasteiger partial charge in [-0.1, -0.05) is 12.1 Å². The number of hydrogen-bond acceptors (Lipinski definition) is 7. The lowest BCUT2D eigenvalue weighted by molar-refractivity contribution is 0.0131. The summed E-state index contributed by atoms with van der Waals surface area (Å²) in [6.07, 6.45) is 4.12. The molecule has 8 nitrogen and oxygen atoms in total. The van der Waals surface area contributed by atoms with Gasteiger partial charge in [0.2, 0.25) is 0 Å². The number of ether oxygens (including phenoxy) is 1. The Balaban J connectivity index is 1.70. The van der Waals surface area contributed by atoms with E-state index in [1.54, 1.807) is 18.3 Å². The number of hydrogen-bond donors (Lipinski definition) is 2. The molecular weight excluding hydrogens is 438 g/mol. The van der Waals surface area contributed by atoms with Gasteiger partial charge in [0.15, 0.2) is 0 Å². The van der Waals surface area contributed by atoms with Crippen molar-refractivity contribution in [2.75, 3.05) is 11.9 Å². The molecule has 1 aliphatic rings. The molecule has 3 rings (SSSR count). The molecule has 2 aromatic heterocycles. The van der Waals surface area contributed by atoms with Crippen molar-refractivity contribution in [3.63, 3.8) is 0 Å². The molecule has 0 aromatic carbocycles. The fourth-order valence-electron chi connectivity index (χ4n) is 4.28. The van der Waals surface area contributed by atoms with E-state index in [1.807, 2.05) is 49.9 Å². The van der Waals surface area contributed by atoms with E-state index >= 15 is 0 Å². The van der Waals surface area contributed by atoms with Gasteiger partial charge in [-0.2, -0.15) is 4.98 Å². The van der Waals surface area contributed by atoms with Crippen LogP contribution in [0.2, 0.25) is 0 Å². The zero-order valence-corrected chi connectivity index (χ0v) is 20.9. The summed E-state index contributed by atoms with van der Waals surface area (Å²) in [6, 6.07) is 11.0. The van der Waals surface area contributed by atoms with Crippen molar-refractivity contribution in [2.24, 2.45) is 11.1 Å². The van der Waals surface area contributed by atoms with Gasteiger partial charge in [-0.25, -0.2) is 4.79 Å². The molecule has 3 unspecified atom stereocenters. The molecule has 180 valence electrons. The number of nitrogens with zero attached hydrogens (tertiary/aromatic N) is 3. The van der Waals surface area contributed by atoms with E-state index in [-0.39, 0.29) is 17.7 Å². The van der Waals surface area contributed by atoms with Crippen molar-refractivity contribution in [3.05, 3.63) is 48.3 Å². The molecule has 0 aliphatic carbocycles. The highest BCUT2D eigenvalue weighted by atomic mass is 32.2. The lowest BCUT2D eigenvalue weighted by Crippen LogP contribution is -2.45. The van der Waals surface area contributed by atoms with E-state index in [9.17, 15) is 9.35 Å². The van der Waals surface area contributed by atoms with Crippen LogP contribution in [-0.2, 0) is 16.1 Å². The predicted molar refractivity (Wildman–Crippen MR) is 130 cm³/mol. The third-order valence-electron chi connectivity index (χ3n) is 5.73. The van der Waals surface area contributed by atoms with Crippen LogP contribution in [0, 0.1) is 5.92 Å². The number of aromatic nitrogens is 2. The van der Waals surface area contributed by atoms with E-state index in [0.717, 1.165) is 25.0 Å². The highest BCUT2D eigenvalue weighted by Gasteiger charge is 2.42. The van der Waals surface area contributed by atoms with Gasteiger partial charge < -0.3 is 19.5 Å². The molecule has 9 heteroatoms. The summed E-state index contributed by atoms with van der Waals surface area (Å²) in [5, 5.41) is 9.25. The molecular formula is C24H35N5O3S. The molecule has 0 radical (unpaired) electrons. The molecule has 1 saturated heterocycles. The van der Waals surface area contributed by atoms with Gasteiger partial charge in [-0.15, -0.1) is 5.14 Å². The molecule has 33 heavy (non-hydrogen) atoms. The first-order valence-electron chi connectivity index (χ1n) is 11.3. The number of nitrogens with two attached hydrogens (primary N) is 1. The summed E-state index contributed by atoms with van der Waals surface area (Å²) in [5.74, 6) is 0.945. The third kappa shape index (κ3) is 7.06. The maximum absolute atomic E-state index is 12.7. The maximum atomic E-state index is 12.7. The second-order valence-corrected chi connectivity index (χ2v) is 11.2. The van der Waals surface area contributed by atoms with Crippen molar-refractivity contribution < 1.29 is 14.1 Å². The normalized spacial score (nSPS) is 19.7. The Bertz CT molecular complexity index is 933. The number of anilines is 1. The molecule has 1 amide bonds. The molecule has 1 aliphatic heterocycles. The molecule has 3 heterocycles. The first kappa shape index (κ1) is 25.3. The topological polar surface area (TPSA) is 116 Å². The summed E-state index contributed by atoms with van der Waals surface area (Å²) in [6.45, 7) is 10.5. The summed E-state index contributed by atoms with van der Waals surface area (Å²) in [5.41, 5.74) is 0.121. The smallest absolute Gasteiger partial charge is 0.410 e. The monoisotopic (exact) mass is 473 g/mol. The van der Waals surface area contributed by atoms with Crippen LogP contribution < -0.4 is 10.5 Å². The van der Waals surface area contributed by atoms with Crippen LogP contribution in [0.1, 0.15) is 65.6 Å². The van der Waals surface area contributed by atoms with Gasteiger partial charge in [0, 0.05) is 24.3 Å². The van der Waals surface area contributed by atoms with Gasteiger partial charge in [-0.05, 0) is 78.0 Å². The number of pyridine rings is 2. The average molecular weight is 474 g/mol. The minimum absolute atomic E-state index is 0.0844. The molecule has 1 fully saturated rings. The Morgan fingerprint density at radius 3 is 2.73 bits per heavy atom. The van der Waals surface area contributed by atoms with Crippen molar-refractivity contribution in [3.8, 4) is 0 Å². The summed E-state index contributed by atoms with van der Waals surface area (Å²) in [4.78, 5) is 23.5. The van der Waals surface area contributed by atoms with Gasteiger partial charge in [0.05, 0.1) is 23.1 Å². The number of carbonyl (C=O) groups excluding carboxylic acids is 1. The van der Waals surface area contributed by atoms with Crippen LogP contribution >= 0.6 is 0 Å². The van der Waals surface area contributed by atoms with Crippen LogP contribution in [0.15, 0.2) is 47.6 Å². The van der Waals surface area contributed by atoms with E-state index in [4.69, 9.17) is 9.88 Å². The highest BCUT2D eigenvalue weighted by Crippen LogP contribution is 2.37. The number of nitrogens with one attached hydrogen (secondary N) is 1. The van der Waals surface area contributed by atoms with E-state index in [1.165, 1.54) is 0 Å². The van der Waals surface area contributed by atoms with Crippen molar-refractivity contribution >= 4 is 23.3 Å². The Morgan fingerprint density at radius 2 is 2.09 bits per heavy atom. The lowest BCUT2D eigenvalue weighted by Gasteiger charge is -2.33. The molecule has 0 saturated carbocycles. The van der Waals surface area contributed by atoms with Crippen molar-refractivity contribution in [2.45, 2.75) is 76.1 Å². The second-order valence-electron chi connectivity index (χ2n) is 10.2. The van der Waals surface area contributed by atoms with Crippen LogP contribution in [-0.4, -0.2) is 43.2 Å². The number of carbonyl (C=O) groups is 1. The summed E-state index contributed by atoms with van der Waals surface area (Å²) < 4.78 is 17.3. The van der Waals surface area contributed by atoms with Gasteiger partial charge in [0.25, 0.3) is 5.03 Å². The number of rotatable bonds is 7. The predicted octanol–water partition coefficient (Wildman–Crippen LogP) is 4.43. The van der Waals surface area contributed by atoms with E-state index in [0.29, 0.717) is 23.3 Å². The fraction of sp³-hybridized carbons (Fsp3) is 0.542. The third-order valence-corrected chi connectivity index (χ3v) is 6.37. The van der Waals surface area contributed by atoms with Crippen LogP contribution in [0.5, 0.6) is 0 Å². The van der Waals surface area contributed by atoms with Crippen LogP contribution in [0.3, 0.4) is 0 Å². The van der Waals surface area contributed by atoms with Crippen LogP contribution in [0.4, 0.5) is 10.6 Å². The lowest BCUT2D eigenvalue weighted by atomic mass is 9.91. The van der Waals surface area contributed by atoms with Crippen molar-refractivity contribution in [1.82, 2.24) is 14.9 Å². The Kier molecular flexibility index (Phi) is 7.87. The summed E-state index contributed by atoms with van der Waals surface area (Å²) in [7, 11) is 0. The summed E-state index contributed by atoms with van der Waals surface area (Å²) >= 11 is -1.65. The van der Waals surface area contributed by atoms with Gasteiger partial charge >= 0.3 is 6.09 Å². The molecule has 2 aromatic rings. The second kappa shape index (κ2) is 10.3. The van der Waals surface area contributed by atoms with E-state index in [2.05, 4.69) is 29.1 Å². The SMILES string of the molecule is CC(C)(C)OC(=O)N1CC(CCC(Nc2cccc([S+](N)[O-])n2)c2ccccn2)CC1(C)C. The van der Waals surface area contributed by atoms with Crippen LogP contribution in [0.25, 0.3) is 0 Å². The minimum atomic E-state index is -1.65. The zero-order valence-electron chi connectivity index (χ0n) is 20.1. The zero-order chi connectivity index (χ0) is 24.2. The van der Waals surface area contributed by atoms with E-state index < -0.39 is 17.0 Å². The molecule has 0 spiro atoms. The molecule has 0 bridgehead atoms. The Hall–Kier alpha value is -2.36. The minimum Gasteiger partial charge on any atom is -0.592 e. The number of likely N-dealkylation sites (tertiary alicyclic amines) is 1. The molecule has 3 N–H and O–H groups in total. The van der Waals surface area contributed by atoms with Gasteiger partial charge in [0.1, 0.15) is 11.4 Å². The standard InChI is InChI=1S/C24H35N5O3S/c1-23(2,3)32-22(30)29-16-17(15-24(29,4)5)12-13-19(18-9-6-7-14-26-18)27-20-10-8-11-21(28-20)33(25)31/h6-11,14,17,19H,12-13,15-16,25H2,1-5H3,(H,27,28). The Labute approximate surface area is 199 Å². The van der Waals surface area contributed by atoms with Crippen molar-refractivity contribution in [1.29, 1.82) is 0 Å². The largest absolute Gasteiger partial charge is 0.592 e. The first-order valence-corrected chi connectivity index (χ1v) is 12.5. The average Bonchev–Trinajstić information content (AvgIpc) is 3.05.